The third kappa shape index (κ3) is 2.12. The van der Waals surface area contributed by atoms with Gasteiger partial charge in [-0.3, -0.25) is 9.58 Å². The molecule has 0 spiro atoms. The highest BCUT2D eigenvalue weighted by Gasteiger charge is 2.21. The maximum absolute atomic E-state index is 11.1. The van der Waals surface area contributed by atoms with Crippen molar-refractivity contribution in [2.75, 3.05) is 6.54 Å². The normalized spacial score (nSPS) is 15.4. The van der Waals surface area contributed by atoms with Crippen LogP contribution in [-0.2, 0) is 26.7 Å². The summed E-state index contributed by atoms with van der Waals surface area (Å²) in [6, 6.07) is 0. The lowest BCUT2D eigenvalue weighted by Crippen LogP contribution is -2.34. The second-order valence-electron chi connectivity index (χ2n) is 4.68. The van der Waals surface area contributed by atoms with E-state index in [2.05, 4.69) is 19.5 Å². The molecule has 3 rings (SSSR count). The molecule has 3 heterocycles. The van der Waals surface area contributed by atoms with E-state index in [1.165, 1.54) is 6.20 Å². The molecule has 0 atom stereocenters. The van der Waals surface area contributed by atoms with Crippen molar-refractivity contribution in [2.45, 2.75) is 19.6 Å². The minimum atomic E-state index is -0.929. The first kappa shape index (κ1) is 11.9. The number of carbonyl (C=O) groups is 1. The minimum absolute atomic E-state index is 0.274. The highest BCUT2D eigenvalue weighted by molar-refractivity contribution is 5.88. The first-order valence-corrected chi connectivity index (χ1v) is 6.11. The van der Waals surface area contributed by atoms with Crippen molar-refractivity contribution in [1.29, 1.82) is 0 Å². The summed E-state index contributed by atoms with van der Waals surface area (Å²) in [5, 5.41) is 13.2. The summed E-state index contributed by atoms with van der Waals surface area (Å²) < 4.78 is 3.75. The molecule has 1 aliphatic heterocycles. The molecule has 2 aromatic heterocycles. The predicted octanol–water partition coefficient (Wildman–Crippen LogP) is 0.331. The summed E-state index contributed by atoms with van der Waals surface area (Å²) in [5.41, 5.74) is 1.00. The lowest BCUT2D eigenvalue weighted by molar-refractivity contribution is 0.0693. The zero-order valence-corrected chi connectivity index (χ0v) is 10.7. The Morgan fingerprint density at radius 2 is 2.32 bits per heavy atom. The van der Waals surface area contributed by atoms with E-state index in [4.69, 9.17) is 5.11 Å². The van der Waals surface area contributed by atoms with Crippen LogP contribution in [0.5, 0.6) is 0 Å². The molecule has 0 saturated carbocycles. The van der Waals surface area contributed by atoms with E-state index >= 15 is 0 Å². The fourth-order valence-corrected chi connectivity index (χ4v) is 2.40. The highest BCUT2D eigenvalue weighted by atomic mass is 16.4. The molecule has 0 saturated heterocycles. The van der Waals surface area contributed by atoms with Crippen LogP contribution in [0.4, 0.5) is 0 Å². The topological polar surface area (TPSA) is 76.2 Å². The summed E-state index contributed by atoms with van der Waals surface area (Å²) >= 11 is 0. The van der Waals surface area contributed by atoms with Crippen LogP contribution in [0, 0.1) is 0 Å². The molecule has 0 fully saturated rings. The number of fused-ring (bicyclic) bond motifs is 1. The van der Waals surface area contributed by atoms with Gasteiger partial charge in [0, 0.05) is 39.1 Å². The Hall–Kier alpha value is -2.15. The fourth-order valence-electron chi connectivity index (χ4n) is 2.40. The van der Waals surface area contributed by atoms with Crippen LogP contribution in [0.15, 0.2) is 18.6 Å². The van der Waals surface area contributed by atoms with E-state index in [0.29, 0.717) is 6.54 Å². The molecule has 0 unspecified atom stereocenters. The number of carboxylic acids is 1. The predicted molar refractivity (Wildman–Crippen MR) is 66.5 cm³/mol. The molecule has 2 aromatic rings. The van der Waals surface area contributed by atoms with Gasteiger partial charge in [-0.2, -0.15) is 5.10 Å². The largest absolute Gasteiger partial charge is 0.478 e. The first-order valence-electron chi connectivity index (χ1n) is 6.11. The summed E-state index contributed by atoms with van der Waals surface area (Å²) in [4.78, 5) is 17.6. The van der Waals surface area contributed by atoms with Crippen LogP contribution in [0.25, 0.3) is 0 Å². The average molecular weight is 261 g/mol. The fraction of sp³-hybridized carbons (Fsp3) is 0.417. The standard InChI is InChI=1S/C12H15N5O2/c1-15-10(9(6-14-15)12(18)19)7-16-4-5-17-3-2-13-11(17)8-16/h2-3,6H,4-5,7-8H2,1H3,(H,18,19). The smallest absolute Gasteiger partial charge is 0.339 e. The molecule has 0 bridgehead atoms. The number of aromatic carboxylic acids is 1. The Kier molecular flexibility index (Phi) is 2.83. The van der Waals surface area contributed by atoms with E-state index in [-0.39, 0.29) is 5.56 Å². The number of hydrogen-bond acceptors (Lipinski definition) is 4. The third-order valence-corrected chi connectivity index (χ3v) is 3.49. The van der Waals surface area contributed by atoms with Gasteiger partial charge in [-0.05, 0) is 0 Å². The van der Waals surface area contributed by atoms with E-state index in [0.717, 1.165) is 31.2 Å². The van der Waals surface area contributed by atoms with Gasteiger partial charge in [0.2, 0.25) is 0 Å². The first-order chi connectivity index (χ1) is 9.15. The van der Waals surface area contributed by atoms with Crippen molar-refractivity contribution in [3.05, 3.63) is 35.7 Å². The van der Waals surface area contributed by atoms with E-state index in [1.54, 1.807) is 17.9 Å². The molecule has 1 N–H and O–H groups in total. The lowest BCUT2D eigenvalue weighted by Gasteiger charge is -2.27. The summed E-state index contributed by atoms with van der Waals surface area (Å²) in [7, 11) is 1.77. The van der Waals surface area contributed by atoms with Gasteiger partial charge in [0.1, 0.15) is 11.4 Å². The maximum Gasteiger partial charge on any atom is 0.339 e. The molecular formula is C12H15N5O2. The Morgan fingerprint density at radius 3 is 3.11 bits per heavy atom. The number of aryl methyl sites for hydroxylation is 1. The number of imidazole rings is 1. The molecule has 1 aliphatic rings. The Labute approximate surface area is 110 Å². The summed E-state index contributed by atoms with van der Waals surface area (Å²) in [6.07, 6.45) is 5.17. The zero-order valence-electron chi connectivity index (χ0n) is 10.7. The Balaban J connectivity index is 1.80. The minimum Gasteiger partial charge on any atom is -0.478 e. The SMILES string of the molecule is Cn1ncc(C(=O)O)c1CN1CCn2ccnc2C1. The van der Waals surface area contributed by atoms with Crippen molar-refractivity contribution < 1.29 is 9.90 Å². The number of hydrogen-bond donors (Lipinski definition) is 1. The number of nitrogens with zero attached hydrogens (tertiary/aromatic N) is 5. The summed E-state index contributed by atoms with van der Waals surface area (Å²) in [5.74, 6) is 0.0897. The molecule has 100 valence electrons. The molecule has 0 aromatic carbocycles. The Bertz CT molecular complexity index is 615. The van der Waals surface area contributed by atoms with E-state index in [1.807, 2.05) is 6.20 Å². The molecule has 0 radical (unpaired) electrons. The molecule has 19 heavy (non-hydrogen) atoms. The molecular weight excluding hydrogens is 246 g/mol. The quantitative estimate of drug-likeness (QED) is 0.861. The van der Waals surface area contributed by atoms with Gasteiger partial charge in [0.15, 0.2) is 0 Å². The number of rotatable bonds is 3. The molecule has 0 aliphatic carbocycles. The molecule has 7 heteroatoms. The number of carboxylic acid groups (broad SMARTS) is 1. The van der Waals surface area contributed by atoms with Crippen LogP contribution in [0.3, 0.4) is 0 Å². The van der Waals surface area contributed by atoms with Crippen molar-refractivity contribution in [3.8, 4) is 0 Å². The third-order valence-electron chi connectivity index (χ3n) is 3.49. The van der Waals surface area contributed by atoms with Crippen LogP contribution < -0.4 is 0 Å². The second-order valence-corrected chi connectivity index (χ2v) is 4.68. The van der Waals surface area contributed by atoms with Crippen molar-refractivity contribution in [3.63, 3.8) is 0 Å². The Morgan fingerprint density at radius 1 is 1.47 bits per heavy atom. The zero-order chi connectivity index (χ0) is 13.4. The second kappa shape index (κ2) is 4.51. The maximum atomic E-state index is 11.1. The van der Waals surface area contributed by atoms with Gasteiger partial charge in [-0.25, -0.2) is 9.78 Å². The van der Waals surface area contributed by atoms with Crippen molar-refractivity contribution >= 4 is 5.97 Å². The highest BCUT2D eigenvalue weighted by Crippen LogP contribution is 2.16. The van der Waals surface area contributed by atoms with Gasteiger partial charge in [0.25, 0.3) is 0 Å². The van der Waals surface area contributed by atoms with Gasteiger partial charge in [-0.15, -0.1) is 0 Å². The lowest BCUT2D eigenvalue weighted by atomic mass is 10.2. The van der Waals surface area contributed by atoms with Crippen molar-refractivity contribution in [2.24, 2.45) is 7.05 Å². The van der Waals surface area contributed by atoms with Gasteiger partial charge < -0.3 is 9.67 Å². The van der Waals surface area contributed by atoms with Gasteiger partial charge >= 0.3 is 5.97 Å². The molecule has 0 amide bonds. The monoisotopic (exact) mass is 261 g/mol. The van der Waals surface area contributed by atoms with Gasteiger partial charge in [0.05, 0.1) is 18.4 Å². The van der Waals surface area contributed by atoms with Gasteiger partial charge in [-0.1, -0.05) is 0 Å². The van der Waals surface area contributed by atoms with Crippen LogP contribution >= 0.6 is 0 Å². The van der Waals surface area contributed by atoms with Crippen LogP contribution in [0.2, 0.25) is 0 Å². The number of aromatic nitrogens is 4. The molecule has 7 nitrogen and oxygen atoms in total. The van der Waals surface area contributed by atoms with E-state index < -0.39 is 5.97 Å². The van der Waals surface area contributed by atoms with Crippen molar-refractivity contribution in [1.82, 2.24) is 24.2 Å². The summed E-state index contributed by atoms with van der Waals surface area (Å²) in [6.45, 7) is 3.07. The van der Waals surface area contributed by atoms with E-state index in [9.17, 15) is 4.79 Å². The van der Waals surface area contributed by atoms with Crippen LogP contribution in [-0.4, -0.2) is 41.9 Å². The average Bonchev–Trinajstić information content (AvgIpc) is 2.97. The van der Waals surface area contributed by atoms with Crippen LogP contribution in [0.1, 0.15) is 21.9 Å².